The second-order valence-electron chi connectivity index (χ2n) is 2.52. The van der Waals surface area contributed by atoms with Gasteiger partial charge >= 0.3 is 0 Å². The van der Waals surface area contributed by atoms with E-state index in [9.17, 15) is 8.42 Å². The Kier molecular flexibility index (Phi) is 2.42. The van der Waals surface area contributed by atoms with Gasteiger partial charge in [0.15, 0.2) is 0 Å². The van der Waals surface area contributed by atoms with E-state index in [-0.39, 0.29) is 0 Å². The molecule has 0 aliphatic heterocycles. The van der Waals surface area contributed by atoms with Crippen molar-refractivity contribution in [2.75, 3.05) is 0 Å². The Morgan fingerprint density at radius 1 is 1.50 bits per heavy atom. The van der Waals surface area contributed by atoms with E-state index in [1.807, 2.05) is 0 Å². The summed E-state index contributed by atoms with van der Waals surface area (Å²) in [5.74, 6) is 0. The maximum atomic E-state index is 10.4. The highest BCUT2D eigenvalue weighted by Gasteiger charge is 2.31. The van der Waals surface area contributed by atoms with E-state index in [0.717, 1.165) is 0 Å². The van der Waals surface area contributed by atoms with Crippen molar-refractivity contribution in [2.45, 2.75) is 24.8 Å². The third kappa shape index (κ3) is 2.61. The molecular formula is C4H12N2O3S. The lowest BCUT2D eigenvalue weighted by Gasteiger charge is -2.23. The molecule has 1 unspecified atom stereocenters. The minimum absolute atomic E-state index is 1.15. The van der Waals surface area contributed by atoms with Crippen molar-refractivity contribution in [3.05, 3.63) is 0 Å². The van der Waals surface area contributed by atoms with Gasteiger partial charge in [-0.25, -0.2) is 0 Å². The molecular weight excluding hydrogens is 156 g/mol. The summed E-state index contributed by atoms with van der Waals surface area (Å²) in [6.07, 6.45) is 0. The van der Waals surface area contributed by atoms with Crippen molar-refractivity contribution in [3.8, 4) is 0 Å². The summed E-state index contributed by atoms with van der Waals surface area (Å²) in [6.45, 7) is 2.57. The highest BCUT2D eigenvalue weighted by molar-refractivity contribution is 7.86. The minimum Gasteiger partial charge on any atom is -0.313 e. The van der Waals surface area contributed by atoms with Gasteiger partial charge in [0.2, 0.25) is 0 Å². The Labute approximate surface area is 60.1 Å². The van der Waals surface area contributed by atoms with Crippen LogP contribution in [0.15, 0.2) is 0 Å². The molecule has 0 amide bonds. The molecule has 0 aromatic heterocycles. The fourth-order valence-electron chi connectivity index (χ4n) is 0.321. The normalized spacial score (nSPS) is 16.9. The molecule has 5 N–H and O–H groups in total. The molecule has 0 aromatic carbocycles. The molecule has 0 aliphatic carbocycles. The van der Waals surface area contributed by atoms with E-state index in [2.05, 4.69) is 0 Å². The Bertz CT molecular complexity index is 203. The molecule has 1 atom stereocenters. The van der Waals surface area contributed by atoms with Gasteiger partial charge in [-0.1, -0.05) is 0 Å². The SMILES string of the molecule is CC(C(C)(N)N)S(=O)(=O)O. The summed E-state index contributed by atoms with van der Waals surface area (Å²) in [6, 6.07) is 0. The summed E-state index contributed by atoms with van der Waals surface area (Å²) in [7, 11) is -4.11. The van der Waals surface area contributed by atoms with Crippen LogP contribution in [0.25, 0.3) is 0 Å². The molecule has 6 heteroatoms. The zero-order chi connectivity index (χ0) is 8.58. The lowest BCUT2D eigenvalue weighted by atomic mass is 10.2. The zero-order valence-electron chi connectivity index (χ0n) is 5.90. The van der Waals surface area contributed by atoms with Gasteiger partial charge in [-0.3, -0.25) is 4.55 Å². The van der Waals surface area contributed by atoms with Crippen LogP contribution in [0, 0.1) is 0 Å². The first-order valence-corrected chi connectivity index (χ1v) is 4.20. The monoisotopic (exact) mass is 168 g/mol. The van der Waals surface area contributed by atoms with Gasteiger partial charge in [-0.15, -0.1) is 0 Å². The predicted octanol–water partition coefficient (Wildman–Crippen LogP) is -1.10. The Morgan fingerprint density at radius 3 is 1.80 bits per heavy atom. The highest BCUT2D eigenvalue weighted by atomic mass is 32.2. The smallest absolute Gasteiger partial charge is 0.270 e. The van der Waals surface area contributed by atoms with E-state index in [0.29, 0.717) is 0 Å². The van der Waals surface area contributed by atoms with Crippen LogP contribution in [0.4, 0.5) is 0 Å². The largest absolute Gasteiger partial charge is 0.313 e. The van der Waals surface area contributed by atoms with Crippen molar-refractivity contribution < 1.29 is 13.0 Å². The molecule has 10 heavy (non-hydrogen) atoms. The van der Waals surface area contributed by atoms with Crippen LogP contribution < -0.4 is 11.5 Å². The molecule has 0 aromatic rings. The second kappa shape index (κ2) is 2.46. The van der Waals surface area contributed by atoms with Crippen molar-refractivity contribution in [2.24, 2.45) is 11.5 Å². The summed E-state index contributed by atoms with van der Waals surface area (Å²) in [4.78, 5) is 0. The standard InChI is InChI=1S/C4H12N2O3S/c1-3(4(2,5)6)10(7,8)9/h3H,5-6H2,1-2H3,(H,7,8,9). The van der Waals surface area contributed by atoms with E-state index in [4.69, 9.17) is 16.0 Å². The molecule has 0 radical (unpaired) electrons. The van der Waals surface area contributed by atoms with Crippen molar-refractivity contribution >= 4 is 10.1 Å². The first kappa shape index (κ1) is 9.83. The highest BCUT2D eigenvalue weighted by Crippen LogP contribution is 2.06. The Morgan fingerprint density at radius 2 is 1.80 bits per heavy atom. The maximum absolute atomic E-state index is 10.4. The number of rotatable bonds is 2. The summed E-state index contributed by atoms with van der Waals surface area (Å²) < 4.78 is 29.2. The Balaban J connectivity index is 4.56. The molecule has 0 rings (SSSR count). The number of hydrogen-bond acceptors (Lipinski definition) is 4. The molecule has 0 fully saturated rings. The molecule has 0 saturated heterocycles. The van der Waals surface area contributed by atoms with Gasteiger partial charge in [0.05, 0.1) is 5.66 Å². The van der Waals surface area contributed by atoms with Crippen molar-refractivity contribution in [1.82, 2.24) is 0 Å². The average Bonchev–Trinajstić information content (AvgIpc) is 1.59. The van der Waals surface area contributed by atoms with E-state index >= 15 is 0 Å². The lowest BCUT2D eigenvalue weighted by molar-refractivity contribution is 0.411. The molecule has 0 heterocycles. The number of nitrogens with two attached hydrogens (primary N) is 2. The van der Waals surface area contributed by atoms with Crippen molar-refractivity contribution in [1.29, 1.82) is 0 Å². The second-order valence-corrected chi connectivity index (χ2v) is 4.26. The maximum Gasteiger partial charge on any atom is 0.270 e. The predicted molar refractivity (Wildman–Crippen MR) is 37.8 cm³/mol. The number of hydrogen-bond donors (Lipinski definition) is 3. The van der Waals surface area contributed by atoms with Gasteiger partial charge < -0.3 is 11.5 Å². The van der Waals surface area contributed by atoms with Crippen LogP contribution in [0.1, 0.15) is 13.8 Å². The van der Waals surface area contributed by atoms with Crippen LogP contribution in [0.5, 0.6) is 0 Å². The summed E-state index contributed by atoms with van der Waals surface area (Å²) in [5, 5.41) is -1.15. The van der Waals surface area contributed by atoms with Crippen LogP contribution in [0.2, 0.25) is 0 Å². The molecule has 0 spiro atoms. The fraction of sp³-hybridized carbons (Fsp3) is 1.00. The van der Waals surface area contributed by atoms with Gasteiger partial charge in [0.25, 0.3) is 10.1 Å². The van der Waals surface area contributed by atoms with E-state index in [1.54, 1.807) is 0 Å². The molecule has 62 valence electrons. The van der Waals surface area contributed by atoms with Crippen LogP contribution in [-0.2, 0) is 10.1 Å². The average molecular weight is 168 g/mol. The first-order chi connectivity index (χ1) is 4.15. The molecule has 0 saturated carbocycles. The Hall–Kier alpha value is -0.170. The van der Waals surface area contributed by atoms with Gasteiger partial charge in [0.1, 0.15) is 5.25 Å². The van der Waals surface area contributed by atoms with Crippen LogP contribution in [-0.4, -0.2) is 23.9 Å². The van der Waals surface area contributed by atoms with Gasteiger partial charge in [-0.05, 0) is 13.8 Å². The third-order valence-corrected chi connectivity index (χ3v) is 2.72. The van der Waals surface area contributed by atoms with Gasteiger partial charge in [0, 0.05) is 0 Å². The first-order valence-electron chi connectivity index (χ1n) is 2.69. The van der Waals surface area contributed by atoms with Gasteiger partial charge in [-0.2, -0.15) is 8.42 Å². The molecule has 5 nitrogen and oxygen atoms in total. The molecule has 0 aliphatic rings. The summed E-state index contributed by atoms with van der Waals surface area (Å²) >= 11 is 0. The quantitative estimate of drug-likeness (QED) is 0.358. The fourth-order valence-corrected chi connectivity index (χ4v) is 0.963. The van der Waals surface area contributed by atoms with Crippen molar-refractivity contribution in [3.63, 3.8) is 0 Å². The van der Waals surface area contributed by atoms with Crippen LogP contribution >= 0.6 is 0 Å². The molecule has 0 bridgehead atoms. The third-order valence-electron chi connectivity index (χ3n) is 1.32. The topological polar surface area (TPSA) is 106 Å². The zero-order valence-corrected chi connectivity index (χ0v) is 6.72. The van der Waals surface area contributed by atoms with E-state index < -0.39 is 21.0 Å². The van der Waals surface area contributed by atoms with E-state index in [1.165, 1.54) is 13.8 Å². The van der Waals surface area contributed by atoms with Crippen LogP contribution in [0.3, 0.4) is 0 Å². The minimum atomic E-state index is -4.11. The lowest BCUT2D eigenvalue weighted by Crippen LogP contribution is -2.57. The summed E-state index contributed by atoms with van der Waals surface area (Å²) in [5.41, 5.74) is 9.01.